The van der Waals surface area contributed by atoms with Gasteiger partial charge in [-0.2, -0.15) is 0 Å². The third-order valence-corrected chi connectivity index (χ3v) is 5.24. The average Bonchev–Trinajstić information content (AvgIpc) is 2.74. The number of hydrogen-bond acceptors (Lipinski definition) is 2. The van der Waals surface area contributed by atoms with Gasteiger partial charge in [-0.1, -0.05) is 108 Å². The van der Waals surface area contributed by atoms with Crippen LogP contribution in [0.15, 0.2) is 48.5 Å². The summed E-state index contributed by atoms with van der Waals surface area (Å²) in [6.45, 7) is 2.64. The minimum Gasteiger partial charge on any atom is -0.491 e. The summed E-state index contributed by atoms with van der Waals surface area (Å²) in [4.78, 5) is 0. The topological polar surface area (TPSA) is 29.5 Å². The predicted octanol–water partition coefficient (Wildman–Crippen LogP) is 7.20. The fraction of sp³-hybridized carbons (Fsp3) is 0.538. The first-order chi connectivity index (χ1) is 13.8. The molecule has 0 spiro atoms. The second-order valence-electron chi connectivity index (χ2n) is 7.75. The number of unbranched alkanes of at least 4 members (excludes halogenated alkanes) is 9. The average molecular weight is 382 g/mol. The van der Waals surface area contributed by atoms with Crippen LogP contribution in [0.2, 0.25) is 0 Å². The quantitative estimate of drug-likeness (QED) is 0.330. The normalized spacial score (nSPS) is 12.1. The van der Waals surface area contributed by atoms with Crippen LogP contribution in [0, 0.1) is 6.07 Å². The molecule has 1 radical (unpaired) electrons. The van der Waals surface area contributed by atoms with Crippen molar-refractivity contribution in [1.82, 2.24) is 0 Å². The van der Waals surface area contributed by atoms with Crippen molar-refractivity contribution >= 4 is 0 Å². The van der Waals surface area contributed by atoms with E-state index in [0.29, 0.717) is 6.61 Å². The Morgan fingerprint density at radius 1 is 0.750 bits per heavy atom. The molecule has 2 nitrogen and oxygen atoms in total. The van der Waals surface area contributed by atoms with Gasteiger partial charge in [-0.05, 0) is 35.7 Å². The highest BCUT2D eigenvalue weighted by Gasteiger charge is 2.06. The molecule has 153 valence electrons. The third-order valence-electron chi connectivity index (χ3n) is 5.24. The van der Waals surface area contributed by atoms with Crippen molar-refractivity contribution in [3.8, 4) is 16.9 Å². The molecule has 2 aromatic rings. The minimum atomic E-state index is -0.376. The summed E-state index contributed by atoms with van der Waals surface area (Å²) in [6, 6.07) is 19.0. The maximum absolute atomic E-state index is 10.1. The SMILES string of the molecule is CCCCCCCCCCCCC(O)COc1ccc(-c2cc[c]cc2)cc1. The number of ether oxygens (including phenoxy) is 1. The molecule has 0 heterocycles. The first-order valence-corrected chi connectivity index (χ1v) is 11.2. The van der Waals surface area contributed by atoms with E-state index in [0.717, 1.165) is 24.2 Å². The van der Waals surface area contributed by atoms with Crippen molar-refractivity contribution in [3.05, 3.63) is 54.6 Å². The van der Waals surface area contributed by atoms with Crippen molar-refractivity contribution in [3.63, 3.8) is 0 Å². The molecule has 0 saturated heterocycles. The molecule has 0 fully saturated rings. The largest absolute Gasteiger partial charge is 0.491 e. The van der Waals surface area contributed by atoms with Crippen LogP contribution in [0.3, 0.4) is 0 Å². The Morgan fingerprint density at radius 2 is 1.29 bits per heavy atom. The lowest BCUT2D eigenvalue weighted by Crippen LogP contribution is -2.17. The summed E-state index contributed by atoms with van der Waals surface area (Å²) in [6.07, 6.45) is 13.6. The van der Waals surface area contributed by atoms with Crippen LogP contribution in [0.1, 0.15) is 77.6 Å². The van der Waals surface area contributed by atoms with Crippen molar-refractivity contribution in [1.29, 1.82) is 0 Å². The minimum absolute atomic E-state index is 0.372. The molecule has 2 rings (SSSR count). The summed E-state index contributed by atoms with van der Waals surface area (Å²) in [5.74, 6) is 0.813. The molecule has 0 bridgehead atoms. The van der Waals surface area contributed by atoms with Gasteiger partial charge in [-0.15, -0.1) is 0 Å². The van der Waals surface area contributed by atoms with Crippen molar-refractivity contribution < 1.29 is 9.84 Å². The second kappa shape index (κ2) is 14.2. The van der Waals surface area contributed by atoms with Gasteiger partial charge in [-0.25, -0.2) is 0 Å². The maximum atomic E-state index is 10.1. The number of aliphatic hydroxyl groups excluding tert-OH is 1. The summed E-state index contributed by atoms with van der Waals surface area (Å²) >= 11 is 0. The van der Waals surface area contributed by atoms with E-state index in [1.54, 1.807) is 0 Å². The molecular formula is C26H37O2. The fourth-order valence-electron chi connectivity index (χ4n) is 3.47. The zero-order chi connectivity index (χ0) is 19.9. The highest BCUT2D eigenvalue weighted by atomic mass is 16.5. The Bertz CT molecular complexity index is 606. The molecule has 1 atom stereocenters. The van der Waals surface area contributed by atoms with Crippen LogP contribution in [0.5, 0.6) is 5.75 Å². The summed E-state index contributed by atoms with van der Waals surface area (Å²) in [5, 5.41) is 10.1. The maximum Gasteiger partial charge on any atom is 0.119 e. The van der Waals surface area contributed by atoms with Crippen LogP contribution in [0.4, 0.5) is 0 Å². The summed E-state index contributed by atoms with van der Waals surface area (Å²) in [7, 11) is 0. The molecule has 2 aromatic carbocycles. The molecule has 0 aliphatic heterocycles. The van der Waals surface area contributed by atoms with Crippen LogP contribution in [-0.2, 0) is 0 Å². The lowest BCUT2D eigenvalue weighted by molar-refractivity contribution is 0.0975. The lowest BCUT2D eigenvalue weighted by Gasteiger charge is -2.13. The molecule has 1 unspecified atom stereocenters. The number of benzene rings is 2. The van der Waals surface area contributed by atoms with E-state index in [4.69, 9.17) is 4.74 Å². The molecule has 1 N–H and O–H groups in total. The predicted molar refractivity (Wildman–Crippen MR) is 119 cm³/mol. The van der Waals surface area contributed by atoms with Crippen LogP contribution in [-0.4, -0.2) is 17.8 Å². The van der Waals surface area contributed by atoms with Crippen molar-refractivity contribution in [2.45, 2.75) is 83.7 Å². The summed E-state index contributed by atoms with van der Waals surface area (Å²) in [5.41, 5.74) is 2.33. The van der Waals surface area contributed by atoms with Crippen LogP contribution < -0.4 is 4.74 Å². The van der Waals surface area contributed by atoms with Crippen molar-refractivity contribution in [2.24, 2.45) is 0 Å². The van der Waals surface area contributed by atoms with Crippen molar-refractivity contribution in [2.75, 3.05) is 6.61 Å². The van der Waals surface area contributed by atoms with E-state index in [1.807, 2.05) is 36.4 Å². The third kappa shape index (κ3) is 9.41. The Hall–Kier alpha value is -1.80. The monoisotopic (exact) mass is 381 g/mol. The molecule has 2 heteroatoms. The van der Waals surface area contributed by atoms with Gasteiger partial charge in [0.15, 0.2) is 0 Å². The number of aliphatic hydroxyl groups is 1. The van der Waals surface area contributed by atoms with E-state index in [9.17, 15) is 5.11 Å². The summed E-state index contributed by atoms with van der Waals surface area (Å²) < 4.78 is 5.74. The van der Waals surface area contributed by atoms with E-state index < -0.39 is 0 Å². The van der Waals surface area contributed by atoms with E-state index >= 15 is 0 Å². The molecule has 28 heavy (non-hydrogen) atoms. The van der Waals surface area contributed by atoms with E-state index in [2.05, 4.69) is 25.1 Å². The highest BCUT2D eigenvalue weighted by Crippen LogP contribution is 2.22. The van der Waals surface area contributed by atoms with E-state index in [-0.39, 0.29) is 6.10 Å². The Morgan fingerprint density at radius 3 is 1.89 bits per heavy atom. The van der Waals surface area contributed by atoms with E-state index in [1.165, 1.54) is 63.4 Å². The zero-order valence-corrected chi connectivity index (χ0v) is 17.5. The van der Waals surface area contributed by atoms with Gasteiger partial charge in [0.1, 0.15) is 12.4 Å². The Balaban J connectivity index is 1.51. The standard InChI is InChI=1S/C26H37O2/c1-2-3-4-5-6-7-8-9-10-14-17-25(27)22-28-26-20-18-24(19-21-26)23-15-12-11-13-16-23/h12-13,15-16,18-21,25,27H,2-10,14,17,22H2,1H3. The number of rotatable bonds is 15. The van der Waals surface area contributed by atoms with Gasteiger partial charge in [-0.3, -0.25) is 0 Å². The smallest absolute Gasteiger partial charge is 0.119 e. The number of hydrogen-bond donors (Lipinski definition) is 1. The Labute approximate surface area is 172 Å². The second-order valence-corrected chi connectivity index (χ2v) is 7.75. The first-order valence-electron chi connectivity index (χ1n) is 11.2. The molecule has 0 saturated carbocycles. The molecule has 0 amide bonds. The van der Waals surface area contributed by atoms with Gasteiger partial charge < -0.3 is 9.84 Å². The molecule has 0 aliphatic carbocycles. The molecule has 0 aromatic heterocycles. The molecule has 0 aliphatic rings. The highest BCUT2D eigenvalue weighted by molar-refractivity contribution is 5.63. The van der Waals surface area contributed by atoms with Crippen LogP contribution in [0.25, 0.3) is 11.1 Å². The van der Waals surface area contributed by atoms with Gasteiger partial charge in [0.25, 0.3) is 0 Å². The van der Waals surface area contributed by atoms with Gasteiger partial charge in [0, 0.05) is 0 Å². The lowest BCUT2D eigenvalue weighted by atomic mass is 10.0. The van der Waals surface area contributed by atoms with Gasteiger partial charge in [0.2, 0.25) is 0 Å². The van der Waals surface area contributed by atoms with Crippen LogP contribution >= 0.6 is 0 Å². The zero-order valence-electron chi connectivity index (χ0n) is 17.5. The van der Waals surface area contributed by atoms with Gasteiger partial charge in [0.05, 0.1) is 6.10 Å². The first kappa shape index (κ1) is 22.5. The van der Waals surface area contributed by atoms with Gasteiger partial charge >= 0.3 is 0 Å². The molecular weight excluding hydrogens is 344 g/mol. The Kier molecular flexibility index (Phi) is 11.4. The fourth-order valence-corrected chi connectivity index (χ4v) is 3.47.